The quantitative estimate of drug-likeness (QED) is 0.217. The summed E-state index contributed by atoms with van der Waals surface area (Å²) in [4.78, 5) is 21.3. The molecule has 1 atom stereocenters. The van der Waals surface area contributed by atoms with Crippen molar-refractivity contribution in [2.24, 2.45) is 11.3 Å². The number of rotatable bonds is 6. The zero-order valence-corrected chi connectivity index (χ0v) is 21.8. The zero-order chi connectivity index (χ0) is 23.7. The molecule has 1 aliphatic carbocycles. The van der Waals surface area contributed by atoms with Crippen LogP contribution in [-0.2, 0) is 25.8 Å². The lowest BCUT2D eigenvalue weighted by molar-refractivity contribution is 0.218. The van der Waals surface area contributed by atoms with Gasteiger partial charge in [0.05, 0.1) is 11.9 Å². The van der Waals surface area contributed by atoms with E-state index in [-0.39, 0.29) is 11.0 Å². The second kappa shape index (κ2) is 9.71. The third kappa shape index (κ3) is 4.87. The van der Waals surface area contributed by atoms with Crippen LogP contribution in [-0.4, -0.2) is 15.3 Å². The summed E-state index contributed by atoms with van der Waals surface area (Å²) in [6.07, 6.45) is 4.15. The first-order valence-corrected chi connectivity index (χ1v) is 14.0. The summed E-state index contributed by atoms with van der Waals surface area (Å²) in [5.41, 5.74) is 4.12. The fraction of sp³-hybridized carbons (Fsp3) is 0.379. The van der Waals surface area contributed by atoms with Crippen molar-refractivity contribution >= 4 is 33.3 Å². The second-order valence-corrected chi connectivity index (χ2v) is 12.5. The Morgan fingerprint density at radius 2 is 1.71 bits per heavy atom. The van der Waals surface area contributed by atoms with Gasteiger partial charge in [-0.2, -0.15) is 0 Å². The van der Waals surface area contributed by atoms with Gasteiger partial charge in [-0.3, -0.25) is 9.36 Å². The van der Waals surface area contributed by atoms with E-state index in [0.29, 0.717) is 12.5 Å². The summed E-state index contributed by atoms with van der Waals surface area (Å²) in [7, 11) is 0. The molecule has 0 aliphatic heterocycles. The lowest BCUT2D eigenvalue weighted by Crippen LogP contribution is -2.27. The van der Waals surface area contributed by atoms with Gasteiger partial charge in [0.2, 0.25) is 0 Å². The first-order chi connectivity index (χ1) is 16.4. The van der Waals surface area contributed by atoms with E-state index in [1.54, 1.807) is 23.1 Å². The normalized spacial score (nSPS) is 16.0. The number of thiophene rings is 1. The Morgan fingerprint density at radius 3 is 2.38 bits per heavy atom. The molecule has 0 amide bonds. The maximum absolute atomic E-state index is 13.9. The van der Waals surface area contributed by atoms with Gasteiger partial charge in [-0.1, -0.05) is 93.2 Å². The van der Waals surface area contributed by atoms with Crippen molar-refractivity contribution < 1.29 is 0 Å². The summed E-state index contributed by atoms with van der Waals surface area (Å²) in [5.74, 6) is 1.55. The monoisotopic (exact) mass is 488 g/mol. The Balaban J connectivity index is 1.52. The molecule has 5 heteroatoms. The minimum absolute atomic E-state index is 0.128. The third-order valence-corrected chi connectivity index (χ3v) is 9.13. The lowest BCUT2D eigenvalue weighted by Gasteiger charge is -2.33. The number of thioether (sulfide) groups is 1. The lowest BCUT2D eigenvalue weighted by atomic mass is 9.72. The molecule has 0 N–H and O–H groups in total. The molecule has 2 aromatic carbocycles. The van der Waals surface area contributed by atoms with Gasteiger partial charge in [-0.25, -0.2) is 4.98 Å². The molecule has 34 heavy (non-hydrogen) atoms. The van der Waals surface area contributed by atoms with E-state index in [9.17, 15) is 4.79 Å². The fourth-order valence-electron chi connectivity index (χ4n) is 4.90. The molecular weight excluding hydrogens is 456 g/mol. The van der Waals surface area contributed by atoms with E-state index in [0.717, 1.165) is 52.4 Å². The third-order valence-electron chi connectivity index (χ3n) is 7.01. The van der Waals surface area contributed by atoms with Gasteiger partial charge < -0.3 is 0 Å². The molecule has 0 saturated carbocycles. The van der Waals surface area contributed by atoms with Crippen molar-refractivity contribution in [1.82, 2.24) is 9.55 Å². The molecule has 0 spiro atoms. The summed E-state index contributed by atoms with van der Waals surface area (Å²) >= 11 is 3.45. The zero-order valence-electron chi connectivity index (χ0n) is 20.2. The maximum Gasteiger partial charge on any atom is 0.263 e. The number of nitrogens with zero attached hydrogens (tertiary/aromatic N) is 2. The Bertz CT molecular complexity index is 1330. The van der Waals surface area contributed by atoms with Gasteiger partial charge in [-0.05, 0) is 53.7 Å². The van der Waals surface area contributed by atoms with Gasteiger partial charge in [0, 0.05) is 10.6 Å². The molecule has 0 saturated heterocycles. The highest BCUT2D eigenvalue weighted by Crippen LogP contribution is 2.42. The van der Waals surface area contributed by atoms with E-state index in [4.69, 9.17) is 4.98 Å². The summed E-state index contributed by atoms with van der Waals surface area (Å²) in [6, 6.07) is 20.8. The molecular formula is C29H32N2OS2. The fourth-order valence-corrected chi connectivity index (χ4v) is 7.23. The average molecular weight is 489 g/mol. The Kier molecular flexibility index (Phi) is 6.67. The van der Waals surface area contributed by atoms with E-state index in [2.05, 4.69) is 57.2 Å². The van der Waals surface area contributed by atoms with Crippen LogP contribution in [0.2, 0.25) is 0 Å². The van der Waals surface area contributed by atoms with Crippen LogP contribution >= 0.6 is 23.1 Å². The summed E-state index contributed by atoms with van der Waals surface area (Å²) in [5, 5.41) is 1.71. The molecule has 0 unspecified atom stereocenters. The van der Waals surface area contributed by atoms with Gasteiger partial charge in [0.15, 0.2) is 5.16 Å². The van der Waals surface area contributed by atoms with E-state index in [1.807, 2.05) is 28.8 Å². The van der Waals surface area contributed by atoms with E-state index in [1.165, 1.54) is 16.0 Å². The molecule has 0 bridgehead atoms. The predicted molar refractivity (Wildman–Crippen MR) is 145 cm³/mol. The minimum Gasteiger partial charge on any atom is -0.283 e. The van der Waals surface area contributed by atoms with Gasteiger partial charge in [0.1, 0.15) is 4.83 Å². The largest absolute Gasteiger partial charge is 0.283 e. The smallest absolute Gasteiger partial charge is 0.263 e. The standard InChI is InChI=1S/C29H32N2OS2/c1-29(2,3)22-14-15-23-24(18-22)34-26-25(23)27(32)31(19-21-12-8-5-9-13-21)28(30-26)33-17-16-20-10-6-4-7-11-20/h4-13,22H,14-19H2,1-3H3/t22-/m0/s1. The molecule has 176 valence electrons. The first kappa shape index (κ1) is 23.4. The van der Waals surface area contributed by atoms with Crippen LogP contribution in [0.25, 0.3) is 10.2 Å². The molecule has 4 aromatic rings. The Hall–Kier alpha value is -2.37. The molecule has 0 radical (unpaired) electrons. The van der Waals surface area contributed by atoms with Crippen LogP contribution in [0.4, 0.5) is 0 Å². The van der Waals surface area contributed by atoms with Crippen molar-refractivity contribution in [2.45, 2.75) is 58.2 Å². The maximum atomic E-state index is 13.9. The SMILES string of the molecule is CC(C)(C)[C@H]1CCc2c(sc3nc(SCCc4ccccc4)n(Cc4ccccc4)c(=O)c23)C1. The number of hydrogen-bond acceptors (Lipinski definition) is 4. The number of hydrogen-bond donors (Lipinski definition) is 0. The van der Waals surface area contributed by atoms with Crippen LogP contribution in [0.3, 0.4) is 0 Å². The minimum atomic E-state index is 0.128. The first-order valence-electron chi connectivity index (χ1n) is 12.2. The van der Waals surface area contributed by atoms with Gasteiger partial charge >= 0.3 is 0 Å². The van der Waals surface area contributed by atoms with E-state index >= 15 is 0 Å². The Morgan fingerprint density at radius 1 is 1.03 bits per heavy atom. The van der Waals surface area contributed by atoms with Crippen molar-refractivity contribution in [1.29, 1.82) is 0 Å². The number of aryl methyl sites for hydroxylation is 2. The number of benzene rings is 2. The van der Waals surface area contributed by atoms with Crippen LogP contribution in [0.1, 0.15) is 48.8 Å². The van der Waals surface area contributed by atoms with Crippen LogP contribution < -0.4 is 5.56 Å². The van der Waals surface area contributed by atoms with Crippen LogP contribution in [0.15, 0.2) is 70.6 Å². The van der Waals surface area contributed by atoms with Gasteiger partial charge in [0.25, 0.3) is 5.56 Å². The molecule has 0 fully saturated rings. The summed E-state index contributed by atoms with van der Waals surface area (Å²) in [6.45, 7) is 7.57. The van der Waals surface area contributed by atoms with Crippen molar-refractivity contribution in [2.75, 3.05) is 5.75 Å². The van der Waals surface area contributed by atoms with E-state index < -0.39 is 0 Å². The molecule has 2 aromatic heterocycles. The highest BCUT2D eigenvalue weighted by molar-refractivity contribution is 7.99. The van der Waals surface area contributed by atoms with Crippen molar-refractivity contribution in [3.8, 4) is 0 Å². The number of aromatic nitrogens is 2. The summed E-state index contributed by atoms with van der Waals surface area (Å²) < 4.78 is 1.91. The van der Waals surface area contributed by atoms with Crippen LogP contribution in [0, 0.1) is 11.3 Å². The van der Waals surface area contributed by atoms with Crippen LogP contribution in [0.5, 0.6) is 0 Å². The average Bonchev–Trinajstić information content (AvgIpc) is 3.20. The van der Waals surface area contributed by atoms with Crippen molar-refractivity contribution in [3.05, 3.63) is 92.6 Å². The molecule has 3 nitrogen and oxygen atoms in total. The molecule has 2 heterocycles. The topological polar surface area (TPSA) is 34.9 Å². The highest BCUT2D eigenvalue weighted by Gasteiger charge is 2.32. The Labute approximate surface area is 210 Å². The molecule has 5 rings (SSSR count). The highest BCUT2D eigenvalue weighted by atomic mass is 32.2. The molecule has 1 aliphatic rings. The number of fused-ring (bicyclic) bond motifs is 3. The predicted octanol–water partition coefficient (Wildman–Crippen LogP) is 6.99. The van der Waals surface area contributed by atoms with Gasteiger partial charge in [-0.15, -0.1) is 11.3 Å². The second-order valence-electron chi connectivity index (χ2n) is 10.3. The van der Waals surface area contributed by atoms with Crippen molar-refractivity contribution in [3.63, 3.8) is 0 Å².